The number of carboxylic acids is 1. The standard InChI is InChI=1S/C23H36O7.Na/c1-4-13(2)23(29)30-20-11-17(25)9-15-6-5-14(3)19(22(15)20)8-7-16(24)10-18(26)12-21(27)28;/h5-6,9,13-14,16-20,22,24-26H,4,7-8,10-12H2,1-3H3,(H,27,28);/q;+1/p-1/t13?,14-,16+,17-,18+,19-,20-,22-;/m0./s1. The summed E-state index contributed by atoms with van der Waals surface area (Å²) in [5.41, 5.74) is 0.949. The van der Waals surface area contributed by atoms with Gasteiger partial charge in [0.25, 0.3) is 0 Å². The molecule has 0 saturated carbocycles. The van der Waals surface area contributed by atoms with Gasteiger partial charge in [-0.3, -0.25) is 4.79 Å². The quantitative estimate of drug-likeness (QED) is 0.265. The van der Waals surface area contributed by atoms with Crippen LogP contribution < -0.4 is 34.7 Å². The fourth-order valence-corrected chi connectivity index (χ4v) is 4.51. The Morgan fingerprint density at radius 2 is 1.97 bits per heavy atom. The Morgan fingerprint density at radius 1 is 1.29 bits per heavy atom. The first-order valence-corrected chi connectivity index (χ1v) is 11.0. The fourth-order valence-electron chi connectivity index (χ4n) is 4.51. The molecular formula is C23H35NaO7. The largest absolute Gasteiger partial charge is 1.00 e. The number of carboxylic acid groups (broad SMARTS) is 1. The number of allylic oxidation sites excluding steroid dienone is 2. The van der Waals surface area contributed by atoms with Crippen LogP contribution in [0.25, 0.3) is 0 Å². The average Bonchev–Trinajstić information content (AvgIpc) is 2.65. The van der Waals surface area contributed by atoms with Crippen molar-refractivity contribution >= 4 is 11.9 Å². The molecule has 0 amide bonds. The molecule has 31 heavy (non-hydrogen) atoms. The van der Waals surface area contributed by atoms with Crippen molar-refractivity contribution in [1.82, 2.24) is 0 Å². The van der Waals surface area contributed by atoms with Crippen molar-refractivity contribution in [3.05, 3.63) is 23.8 Å². The molecule has 0 spiro atoms. The minimum atomic E-state index is -1.35. The van der Waals surface area contributed by atoms with Crippen molar-refractivity contribution in [1.29, 1.82) is 0 Å². The summed E-state index contributed by atoms with van der Waals surface area (Å²) in [4.78, 5) is 23.0. The van der Waals surface area contributed by atoms with Crippen LogP contribution in [0, 0.1) is 23.7 Å². The first-order chi connectivity index (χ1) is 14.1. The van der Waals surface area contributed by atoms with Crippen LogP contribution in [0.15, 0.2) is 23.8 Å². The summed E-state index contributed by atoms with van der Waals surface area (Å²) in [5, 5.41) is 40.8. The summed E-state index contributed by atoms with van der Waals surface area (Å²) < 4.78 is 5.83. The maximum atomic E-state index is 12.4. The van der Waals surface area contributed by atoms with Crippen LogP contribution in [0.1, 0.15) is 59.3 Å². The van der Waals surface area contributed by atoms with Crippen molar-refractivity contribution in [3.63, 3.8) is 0 Å². The molecular weight excluding hydrogens is 411 g/mol. The summed E-state index contributed by atoms with van der Waals surface area (Å²) in [6.45, 7) is 5.83. The van der Waals surface area contributed by atoms with Crippen molar-refractivity contribution in [2.24, 2.45) is 23.7 Å². The number of hydrogen-bond acceptors (Lipinski definition) is 7. The third-order valence-electron chi connectivity index (χ3n) is 6.43. The Labute approximate surface area is 206 Å². The van der Waals surface area contributed by atoms with Crippen LogP contribution in [0.4, 0.5) is 0 Å². The molecule has 0 saturated heterocycles. The summed E-state index contributed by atoms with van der Waals surface area (Å²) >= 11 is 0. The predicted octanol–water partition coefficient (Wildman–Crippen LogP) is -1.89. The number of esters is 1. The van der Waals surface area contributed by atoms with Crippen molar-refractivity contribution in [2.75, 3.05) is 0 Å². The van der Waals surface area contributed by atoms with E-state index < -0.39 is 36.8 Å². The minimum absolute atomic E-state index is 0. The van der Waals surface area contributed by atoms with Crippen LogP contribution in [-0.4, -0.2) is 51.7 Å². The summed E-state index contributed by atoms with van der Waals surface area (Å²) in [5.74, 6) is -1.60. The third-order valence-corrected chi connectivity index (χ3v) is 6.43. The van der Waals surface area contributed by atoms with E-state index >= 15 is 0 Å². The second-order valence-corrected chi connectivity index (χ2v) is 8.86. The second-order valence-electron chi connectivity index (χ2n) is 8.86. The second kappa shape index (κ2) is 13.1. The summed E-state index contributed by atoms with van der Waals surface area (Å²) in [6, 6.07) is 0. The molecule has 1 unspecified atom stereocenters. The number of rotatable bonds is 10. The van der Waals surface area contributed by atoms with Gasteiger partial charge < -0.3 is 30.0 Å². The van der Waals surface area contributed by atoms with E-state index in [4.69, 9.17) is 4.74 Å². The molecule has 0 fully saturated rings. The maximum absolute atomic E-state index is 12.4. The number of carbonyl (C=O) groups is 2. The van der Waals surface area contributed by atoms with Gasteiger partial charge in [0.05, 0.1) is 24.2 Å². The maximum Gasteiger partial charge on any atom is 1.00 e. The Bertz CT molecular complexity index is 662. The molecule has 0 aromatic carbocycles. The van der Waals surface area contributed by atoms with Gasteiger partial charge in [0.15, 0.2) is 0 Å². The van der Waals surface area contributed by atoms with Gasteiger partial charge in [-0.25, -0.2) is 0 Å². The number of aliphatic carboxylic acids is 1. The molecule has 0 bridgehead atoms. The molecule has 170 valence electrons. The van der Waals surface area contributed by atoms with Gasteiger partial charge in [0, 0.05) is 24.7 Å². The molecule has 2 rings (SSSR count). The molecule has 0 aromatic rings. The molecule has 2 aliphatic carbocycles. The summed E-state index contributed by atoms with van der Waals surface area (Å²) in [6.07, 6.45) is 4.31. The molecule has 7 nitrogen and oxygen atoms in total. The molecule has 0 radical (unpaired) electrons. The SMILES string of the molecule is CCC(C)C(=O)O[C@H]1C[C@@H](O)C=C2C=C[C@H](C)[C@H](CC[C@@H](O)C[C@@H](O)CC(=O)[O-])[C@H]21.[Na+]. The number of ether oxygens (including phenoxy) is 1. The van der Waals surface area contributed by atoms with E-state index in [0.29, 0.717) is 25.7 Å². The van der Waals surface area contributed by atoms with Gasteiger partial charge in [0.1, 0.15) is 6.10 Å². The van der Waals surface area contributed by atoms with Crippen LogP contribution in [0.5, 0.6) is 0 Å². The van der Waals surface area contributed by atoms with E-state index in [1.165, 1.54) is 0 Å². The van der Waals surface area contributed by atoms with Crippen molar-refractivity contribution in [2.45, 2.75) is 83.7 Å². The number of carbonyl (C=O) groups excluding carboxylic acids is 2. The minimum Gasteiger partial charge on any atom is -0.550 e. The molecule has 0 aromatic heterocycles. The topological polar surface area (TPSA) is 127 Å². The molecule has 0 aliphatic heterocycles. The van der Waals surface area contributed by atoms with Gasteiger partial charge in [0.2, 0.25) is 0 Å². The zero-order valence-corrected chi connectivity index (χ0v) is 21.1. The Balaban J connectivity index is 0.00000480. The van der Waals surface area contributed by atoms with E-state index in [2.05, 4.69) is 13.0 Å². The Kier molecular flexibility index (Phi) is 12.0. The Hall–Kier alpha value is -0.700. The number of aliphatic hydroxyl groups excluding tert-OH is 3. The van der Waals surface area contributed by atoms with E-state index in [-0.39, 0.29) is 65.6 Å². The van der Waals surface area contributed by atoms with Crippen molar-refractivity contribution in [3.8, 4) is 0 Å². The first kappa shape index (κ1) is 28.3. The van der Waals surface area contributed by atoms with Gasteiger partial charge in [-0.15, -0.1) is 0 Å². The molecule has 3 N–H and O–H groups in total. The normalized spacial score (nSPS) is 30.3. The zero-order valence-electron chi connectivity index (χ0n) is 19.1. The fraction of sp³-hybridized carbons (Fsp3) is 0.739. The van der Waals surface area contributed by atoms with Crippen LogP contribution in [-0.2, 0) is 14.3 Å². The number of hydrogen-bond donors (Lipinski definition) is 3. The van der Waals surface area contributed by atoms with E-state index in [9.17, 15) is 30.0 Å². The zero-order chi connectivity index (χ0) is 22.4. The third kappa shape index (κ3) is 8.30. The first-order valence-electron chi connectivity index (χ1n) is 11.0. The van der Waals surface area contributed by atoms with Crippen LogP contribution in [0.2, 0.25) is 0 Å². The number of fused-ring (bicyclic) bond motifs is 1. The van der Waals surface area contributed by atoms with Gasteiger partial charge in [-0.05, 0) is 43.1 Å². The van der Waals surface area contributed by atoms with E-state index in [1.807, 2.05) is 26.0 Å². The monoisotopic (exact) mass is 446 g/mol. The molecule has 8 atom stereocenters. The molecule has 2 aliphatic rings. The predicted molar refractivity (Wildman–Crippen MR) is 109 cm³/mol. The van der Waals surface area contributed by atoms with Crippen LogP contribution in [0.3, 0.4) is 0 Å². The smallest absolute Gasteiger partial charge is 0.550 e. The van der Waals surface area contributed by atoms with Gasteiger partial charge >= 0.3 is 35.5 Å². The molecule has 8 heteroatoms. The summed E-state index contributed by atoms with van der Waals surface area (Å²) in [7, 11) is 0. The van der Waals surface area contributed by atoms with E-state index in [1.54, 1.807) is 0 Å². The van der Waals surface area contributed by atoms with E-state index in [0.717, 1.165) is 5.57 Å². The van der Waals surface area contributed by atoms with Gasteiger partial charge in [-0.2, -0.15) is 0 Å². The number of aliphatic hydroxyl groups is 3. The Morgan fingerprint density at radius 3 is 2.58 bits per heavy atom. The molecule has 0 heterocycles. The van der Waals surface area contributed by atoms with Gasteiger partial charge in [-0.1, -0.05) is 39.0 Å². The average molecular weight is 447 g/mol. The van der Waals surface area contributed by atoms with Crippen LogP contribution >= 0.6 is 0 Å². The van der Waals surface area contributed by atoms with Crippen molar-refractivity contribution < 1.29 is 64.3 Å².